The van der Waals surface area contributed by atoms with E-state index in [4.69, 9.17) is 23.2 Å². The third-order valence-electron chi connectivity index (χ3n) is 5.99. The Hall–Kier alpha value is -2.50. The van der Waals surface area contributed by atoms with Gasteiger partial charge in [0.1, 0.15) is 12.1 Å². The van der Waals surface area contributed by atoms with Crippen LogP contribution in [0.5, 0.6) is 0 Å². The Bertz CT molecular complexity index is 1190. The van der Waals surface area contributed by atoms with Crippen molar-refractivity contribution in [1.82, 2.24) is 14.8 Å². The zero-order chi connectivity index (χ0) is 21.4. The van der Waals surface area contributed by atoms with Crippen LogP contribution in [0.2, 0.25) is 10.0 Å². The monoisotopic (exact) mass is 441 g/mol. The van der Waals surface area contributed by atoms with Gasteiger partial charge in [0.05, 0.1) is 0 Å². The lowest BCUT2D eigenvalue weighted by molar-refractivity contribution is -0.131. The van der Waals surface area contributed by atoms with E-state index >= 15 is 0 Å². The van der Waals surface area contributed by atoms with E-state index in [2.05, 4.69) is 4.98 Å². The van der Waals surface area contributed by atoms with Crippen molar-refractivity contribution in [3.05, 3.63) is 69.3 Å². The minimum atomic E-state index is -0.629. The number of amides is 3. The number of hydrogen-bond acceptors (Lipinski definition) is 2. The number of fused-ring (bicyclic) bond motifs is 4. The molecule has 0 bridgehead atoms. The summed E-state index contributed by atoms with van der Waals surface area (Å²) in [7, 11) is 0. The molecule has 3 amide bonds. The number of rotatable bonds is 1. The minimum Gasteiger partial charge on any atom is -0.356 e. The maximum atomic E-state index is 13.6. The molecule has 1 aromatic heterocycles. The second-order valence-electron chi connectivity index (χ2n) is 8.85. The number of aromatic nitrogens is 1. The lowest BCUT2D eigenvalue weighted by Gasteiger charge is -2.37. The largest absolute Gasteiger partial charge is 0.356 e. The molecule has 5 rings (SSSR count). The number of carbonyl (C=O) groups is 2. The SMILES string of the molecule is CC(C)(C)N1C(=O)[C@@H]2Cc3c([nH]c4ccccc34)[C@H](c3c(Cl)cccc3Cl)N2C1=O. The van der Waals surface area contributed by atoms with Gasteiger partial charge in [0, 0.05) is 44.2 Å². The molecule has 5 nitrogen and oxygen atoms in total. The van der Waals surface area contributed by atoms with Crippen LogP contribution in [0, 0.1) is 0 Å². The maximum absolute atomic E-state index is 13.6. The molecule has 3 heterocycles. The first kappa shape index (κ1) is 19.5. The summed E-state index contributed by atoms with van der Waals surface area (Å²) in [6.45, 7) is 5.61. The zero-order valence-electron chi connectivity index (χ0n) is 16.9. The van der Waals surface area contributed by atoms with E-state index < -0.39 is 17.6 Å². The van der Waals surface area contributed by atoms with E-state index in [1.807, 2.05) is 45.0 Å². The Balaban J connectivity index is 1.80. The van der Waals surface area contributed by atoms with Crippen molar-refractivity contribution >= 4 is 46.0 Å². The van der Waals surface area contributed by atoms with Gasteiger partial charge in [-0.15, -0.1) is 0 Å². The van der Waals surface area contributed by atoms with Gasteiger partial charge in [0.2, 0.25) is 0 Å². The molecule has 3 aromatic rings. The van der Waals surface area contributed by atoms with E-state index in [0.29, 0.717) is 22.0 Å². The molecule has 0 radical (unpaired) electrons. The average Bonchev–Trinajstić information content (AvgIpc) is 3.16. The molecule has 2 atom stereocenters. The molecule has 2 aliphatic rings. The van der Waals surface area contributed by atoms with Crippen molar-refractivity contribution in [3.8, 4) is 0 Å². The number of imide groups is 1. The summed E-state index contributed by atoms with van der Waals surface area (Å²) in [6, 6.07) is 11.8. The number of para-hydroxylation sites is 1. The molecule has 0 aliphatic carbocycles. The molecule has 154 valence electrons. The number of aromatic amines is 1. The Labute approximate surface area is 184 Å². The van der Waals surface area contributed by atoms with E-state index in [9.17, 15) is 9.59 Å². The lowest BCUT2D eigenvalue weighted by atomic mass is 9.88. The van der Waals surface area contributed by atoms with Gasteiger partial charge in [0.25, 0.3) is 5.91 Å². The average molecular weight is 442 g/mol. The minimum absolute atomic E-state index is 0.184. The standard InChI is InChI=1S/C23H21Cl2N3O2/c1-23(2,3)28-21(29)17-11-13-12-7-4-5-10-16(12)26-19(13)20(27(17)22(28)30)18-14(24)8-6-9-15(18)25/h4-10,17,20,26H,11H2,1-3H3/t17-,20-/m0/s1. The highest BCUT2D eigenvalue weighted by atomic mass is 35.5. The van der Waals surface area contributed by atoms with Crippen molar-refractivity contribution in [2.24, 2.45) is 0 Å². The van der Waals surface area contributed by atoms with Gasteiger partial charge in [-0.2, -0.15) is 0 Å². The maximum Gasteiger partial charge on any atom is 0.328 e. The van der Waals surface area contributed by atoms with Crippen LogP contribution in [0.25, 0.3) is 10.9 Å². The molecule has 1 saturated heterocycles. The molecular formula is C23H21Cl2N3O2. The molecule has 0 unspecified atom stereocenters. The second-order valence-corrected chi connectivity index (χ2v) is 9.67. The van der Waals surface area contributed by atoms with Crippen LogP contribution in [-0.2, 0) is 11.2 Å². The Morgan fingerprint density at radius 3 is 2.33 bits per heavy atom. The summed E-state index contributed by atoms with van der Waals surface area (Å²) in [6.07, 6.45) is 0.453. The number of benzene rings is 2. The van der Waals surface area contributed by atoms with Crippen LogP contribution >= 0.6 is 23.2 Å². The number of hydrogen-bond donors (Lipinski definition) is 1. The molecule has 1 N–H and O–H groups in total. The first-order valence-corrected chi connectivity index (χ1v) is 10.7. The number of halogens is 2. The van der Waals surface area contributed by atoms with Crippen LogP contribution in [0.3, 0.4) is 0 Å². The summed E-state index contributed by atoms with van der Waals surface area (Å²) in [5.41, 5.74) is 2.86. The van der Waals surface area contributed by atoms with Crippen LogP contribution in [0.1, 0.15) is 43.6 Å². The number of nitrogens with zero attached hydrogens (tertiary/aromatic N) is 2. The van der Waals surface area contributed by atoms with Gasteiger partial charge in [0.15, 0.2) is 0 Å². The van der Waals surface area contributed by atoms with Crippen LogP contribution in [-0.4, -0.2) is 38.3 Å². The second kappa shape index (κ2) is 6.50. The molecular weight excluding hydrogens is 421 g/mol. The Kier molecular flexibility index (Phi) is 4.21. The van der Waals surface area contributed by atoms with Crippen molar-refractivity contribution in [2.45, 2.75) is 44.8 Å². The number of urea groups is 1. The van der Waals surface area contributed by atoms with Crippen LogP contribution < -0.4 is 0 Å². The van der Waals surface area contributed by atoms with E-state index in [0.717, 1.165) is 22.2 Å². The van der Waals surface area contributed by atoms with Gasteiger partial charge >= 0.3 is 6.03 Å². The topological polar surface area (TPSA) is 56.4 Å². The van der Waals surface area contributed by atoms with Crippen LogP contribution in [0.4, 0.5) is 4.79 Å². The number of nitrogens with one attached hydrogen (secondary N) is 1. The Morgan fingerprint density at radius 2 is 1.67 bits per heavy atom. The van der Waals surface area contributed by atoms with Gasteiger partial charge < -0.3 is 4.98 Å². The zero-order valence-corrected chi connectivity index (χ0v) is 18.4. The van der Waals surface area contributed by atoms with E-state index in [1.165, 1.54) is 4.90 Å². The third kappa shape index (κ3) is 2.62. The fourth-order valence-electron chi connectivity index (χ4n) is 4.77. The van der Waals surface area contributed by atoms with Crippen molar-refractivity contribution in [3.63, 3.8) is 0 Å². The highest BCUT2D eigenvalue weighted by Crippen LogP contribution is 2.48. The van der Waals surface area contributed by atoms with Crippen molar-refractivity contribution in [1.29, 1.82) is 0 Å². The molecule has 0 spiro atoms. The van der Waals surface area contributed by atoms with Gasteiger partial charge in [-0.1, -0.05) is 47.5 Å². The summed E-state index contributed by atoms with van der Waals surface area (Å²) in [5, 5.41) is 1.98. The van der Waals surface area contributed by atoms with E-state index in [-0.39, 0.29) is 11.9 Å². The predicted octanol–water partition coefficient (Wildman–Crippen LogP) is 5.55. The summed E-state index contributed by atoms with van der Waals surface area (Å²) < 4.78 is 0. The molecule has 7 heteroatoms. The van der Waals surface area contributed by atoms with Gasteiger partial charge in [-0.05, 0) is 44.5 Å². The molecule has 30 heavy (non-hydrogen) atoms. The molecule has 0 saturated carbocycles. The fourth-order valence-corrected chi connectivity index (χ4v) is 5.37. The fraction of sp³-hybridized carbons (Fsp3) is 0.304. The molecule has 2 aliphatic heterocycles. The summed E-state index contributed by atoms with van der Waals surface area (Å²) in [5.74, 6) is -0.184. The smallest absolute Gasteiger partial charge is 0.328 e. The third-order valence-corrected chi connectivity index (χ3v) is 6.65. The Morgan fingerprint density at radius 1 is 1.00 bits per heavy atom. The molecule has 1 fully saturated rings. The predicted molar refractivity (Wildman–Crippen MR) is 118 cm³/mol. The lowest BCUT2D eigenvalue weighted by Crippen LogP contribution is -2.46. The van der Waals surface area contributed by atoms with Gasteiger partial charge in [-0.3, -0.25) is 14.6 Å². The van der Waals surface area contributed by atoms with Crippen molar-refractivity contribution in [2.75, 3.05) is 0 Å². The summed E-state index contributed by atoms with van der Waals surface area (Å²) >= 11 is 13.2. The van der Waals surface area contributed by atoms with Gasteiger partial charge in [-0.25, -0.2) is 4.79 Å². The quantitative estimate of drug-likeness (QED) is 0.503. The highest BCUT2D eigenvalue weighted by molar-refractivity contribution is 6.36. The number of carbonyl (C=O) groups excluding carboxylic acids is 2. The van der Waals surface area contributed by atoms with E-state index in [1.54, 1.807) is 23.1 Å². The van der Waals surface area contributed by atoms with Crippen molar-refractivity contribution < 1.29 is 9.59 Å². The highest BCUT2D eigenvalue weighted by Gasteiger charge is 2.55. The van der Waals surface area contributed by atoms with Crippen LogP contribution in [0.15, 0.2) is 42.5 Å². The normalized spacial score (nSPS) is 21.4. The summed E-state index contributed by atoms with van der Waals surface area (Å²) in [4.78, 5) is 33.5. The first-order valence-electron chi connectivity index (χ1n) is 9.90. The number of H-pyrrole nitrogens is 1. The molecule has 2 aromatic carbocycles. The first-order chi connectivity index (χ1) is 14.2.